The normalized spacial score (nSPS) is 12.2. The van der Waals surface area contributed by atoms with Gasteiger partial charge in [0.25, 0.3) is 10.0 Å². The summed E-state index contributed by atoms with van der Waals surface area (Å²) in [5, 5.41) is 2.89. The minimum Gasteiger partial charge on any atom is -0.354 e. The maximum atomic E-state index is 13.9. The van der Waals surface area contributed by atoms with E-state index in [2.05, 4.69) is 37.2 Å². The molecule has 0 aliphatic heterocycles. The summed E-state index contributed by atoms with van der Waals surface area (Å²) in [5.41, 5.74) is 2.05. The first-order valence-corrected chi connectivity index (χ1v) is 15.6. The number of nitrogens with zero attached hydrogens (tertiary/aromatic N) is 2. The smallest absolute Gasteiger partial charge is 0.264 e. The van der Waals surface area contributed by atoms with Crippen LogP contribution in [0.3, 0.4) is 0 Å². The third-order valence-electron chi connectivity index (χ3n) is 6.08. The maximum Gasteiger partial charge on any atom is 0.264 e. The van der Waals surface area contributed by atoms with E-state index in [0.717, 1.165) is 19.9 Å². The molecule has 3 rings (SSSR count). The fourth-order valence-corrected chi connectivity index (χ4v) is 6.10. The number of sulfonamides is 1. The van der Waals surface area contributed by atoms with Crippen molar-refractivity contribution in [2.75, 3.05) is 17.4 Å². The molecule has 1 N–H and O–H groups in total. The summed E-state index contributed by atoms with van der Waals surface area (Å²) in [5.74, 6) is -0.567. The fourth-order valence-electron chi connectivity index (χ4n) is 3.86. The molecular weight excluding hydrogens is 646 g/mol. The standard InChI is InChI=1S/C29H33Br2N3O4S/c1-20(2)17-32-29(36)22(4)33(18-23-7-5-8-24(30)15-23)28(35)19-34(26-10-6-9-25(31)16-26)39(37,38)27-13-11-21(3)12-14-27/h5-16,20,22H,17-19H2,1-4H3,(H,32,36)/t22-/m1/s1. The molecule has 7 nitrogen and oxygen atoms in total. The zero-order chi connectivity index (χ0) is 28.7. The summed E-state index contributed by atoms with van der Waals surface area (Å²) in [6, 6.07) is 19.9. The molecule has 1 atom stereocenters. The number of carbonyl (C=O) groups is 2. The zero-order valence-electron chi connectivity index (χ0n) is 22.4. The molecule has 0 spiro atoms. The second-order valence-electron chi connectivity index (χ2n) is 9.77. The van der Waals surface area contributed by atoms with Crippen molar-refractivity contribution < 1.29 is 18.0 Å². The first kappa shape index (κ1) is 30.8. The van der Waals surface area contributed by atoms with Crippen LogP contribution in [0.5, 0.6) is 0 Å². The van der Waals surface area contributed by atoms with E-state index in [9.17, 15) is 18.0 Å². The van der Waals surface area contributed by atoms with Gasteiger partial charge in [0.2, 0.25) is 11.8 Å². The largest absolute Gasteiger partial charge is 0.354 e. The fraction of sp³-hybridized carbons (Fsp3) is 0.310. The average Bonchev–Trinajstić information content (AvgIpc) is 2.88. The van der Waals surface area contributed by atoms with Crippen LogP contribution in [-0.2, 0) is 26.2 Å². The topological polar surface area (TPSA) is 86.8 Å². The monoisotopic (exact) mass is 677 g/mol. The molecule has 0 saturated carbocycles. The molecule has 39 heavy (non-hydrogen) atoms. The number of hydrogen-bond donors (Lipinski definition) is 1. The second kappa shape index (κ2) is 13.6. The third-order valence-corrected chi connectivity index (χ3v) is 8.85. The van der Waals surface area contributed by atoms with Crippen molar-refractivity contribution in [3.8, 4) is 0 Å². The summed E-state index contributed by atoms with van der Waals surface area (Å²) >= 11 is 6.86. The van der Waals surface area contributed by atoms with Crippen LogP contribution in [0.4, 0.5) is 5.69 Å². The van der Waals surface area contributed by atoms with E-state index in [0.29, 0.717) is 16.7 Å². The van der Waals surface area contributed by atoms with Gasteiger partial charge in [0.05, 0.1) is 10.6 Å². The number of benzene rings is 3. The van der Waals surface area contributed by atoms with Gasteiger partial charge in [-0.05, 0) is 67.8 Å². The zero-order valence-corrected chi connectivity index (χ0v) is 26.4. The maximum absolute atomic E-state index is 13.9. The van der Waals surface area contributed by atoms with Crippen molar-refractivity contribution in [2.45, 2.75) is 45.2 Å². The predicted molar refractivity (Wildman–Crippen MR) is 162 cm³/mol. The van der Waals surface area contributed by atoms with E-state index in [4.69, 9.17) is 0 Å². The molecule has 3 aromatic rings. The highest BCUT2D eigenvalue weighted by atomic mass is 79.9. The van der Waals surface area contributed by atoms with Gasteiger partial charge in [-0.3, -0.25) is 13.9 Å². The van der Waals surface area contributed by atoms with Crippen LogP contribution in [0, 0.1) is 12.8 Å². The molecule has 0 unspecified atom stereocenters. The number of aryl methyl sites for hydroxylation is 1. The molecule has 0 heterocycles. The van der Waals surface area contributed by atoms with Gasteiger partial charge in [-0.2, -0.15) is 0 Å². The van der Waals surface area contributed by atoms with E-state index in [1.54, 1.807) is 43.3 Å². The van der Waals surface area contributed by atoms with Gasteiger partial charge in [0, 0.05) is 22.0 Å². The van der Waals surface area contributed by atoms with Crippen LogP contribution in [0.15, 0.2) is 86.6 Å². The number of anilines is 1. The van der Waals surface area contributed by atoms with Crippen molar-refractivity contribution in [1.82, 2.24) is 10.2 Å². The Kier molecular flexibility index (Phi) is 10.7. The lowest BCUT2D eigenvalue weighted by atomic mass is 10.1. The van der Waals surface area contributed by atoms with Crippen molar-refractivity contribution in [3.63, 3.8) is 0 Å². The molecule has 0 radical (unpaired) electrons. The Morgan fingerprint density at radius 3 is 2.10 bits per heavy atom. The Balaban J connectivity index is 2.01. The number of carbonyl (C=O) groups excluding carboxylic acids is 2. The second-order valence-corrected chi connectivity index (χ2v) is 13.5. The van der Waals surface area contributed by atoms with Crippen LogP contribution < -0.4 is 9.62 Å². The van der Waals surface area contributed by atoms with Crippen molar-refractivity contribution >= 4 is 59.4 Å². The Hall–Kier alpha value is -2.69. The van der Waals surface area contributed by atoms with Gasteiger partial charge in [0.15, 0.2) is 0 Å². The van der Waals surface area contributed by atoms with Crippen LogP contribution in [0.1, 0.15) is 31.9 Å². The first-order valence-electron chi connectivity index (χ1n) is 12.5. The van der Waals surface area contributed by atoms with Crippen molar-refractivity contribution in [3.05, 3.63) is 92.9 Å². The van der Waals surface area contributed by atoms with E-state index in [1.807, 2.05) is 45.0 Å². The van der Waals surface area contributed by atoms with Gasteiger partial charge in [0.1, 0.15) is 12.6 Å². The molecule has 0 aliphatic carbocycles. The molecule has 208 valence electrons. The Bertz CT molecular complexity index is 1410. The van der Waals surface area contributed by atoms with Gasteiger partial charge in [-0.15, -0.1) is 0 Å². The van der Waals surface area contributed by atoms with Crippen LogP contribution in [-0.4, -0.2) is 44.3 Å². The minimum absolute atomic E-state index is 0.0714. The molecule has 0 fully saturated rings. The summed E-state index contributed by atoms with van der Waals surface area (Å²) in [6.07, 6.45) is 0. The lowest BCUT2D eigenvalue weighted by molar-refractivity contribution is -0.139. The summed E-state index contributed by atoms with van der Waals surface area (Å²) in [7, 11) is -4.11. The number of amides is 2. The first-order chi connectivity index (χ1) is 18.4. The molecule has 2 amide bonds. The van der Waals surface area contributed by atoms with Crippen LogP contribution >= 0.6 is 31.9 Å². The molecule has 0 bridgehead atoms. The molecule has 10 heteroatoms. The molecule has 0 aliphatic rings. The Labute approximate surface area is 247 Å². The molecule has 3 aromatic carbocycles. The quantitative estimate of drug-likeness (QED) is 0.274. The van der Waals surface area contributed by atoms with Gasteiger partial charge >= 0.3 is 0 Å². The Morgan fingerprint density at radius 2 is 1.51 bits per heavy atom. The SMILES string of the molecule is Cc1ccc(S(=O)(=O)N(CC(=O)N(Cc2cccc(Br)c2)[C@H](C)C(=O)NCC(C)C)c2cccc(Br)c2)cc1. The summed E-state index contributed by atoms with van der Waals surface area (Å²) < 4.78 is 30.3. The summed E-state index contributed by atoms with van der Waals surface area (Å²) in [4.78, 5) is 28.5. The molecule has 0 aromatic heterocycles. The lowest BCUT2D eigenvalue weighted by Crippen LogP contribution is -2.51. The number of halogens is 2. The van der Waals surface area contributed by atoms with E-state index < -0.39 is 28.5 Å². The minimum atomic E-state index is -4.11. The van der Waals surface area contributed by atoms with Gasteiger partial charge in [-0.25, -0.2) is 8.42 Å². The summed E-state index contributed by atoms with van der Waals surface area (Å²) in [6.45, 7) is 7.62. The highest BCUT2D eigenvalue weighted by molar-refractivity contribution is 9.10. The third kappa shape index (κ3) is 8.40. The highest BCUT2D eigenvalue weighted by Gasteiger charge is 2.32. The number of hydrogen-bond acceptors (Lipinski definition) is 4. The van der Waals surface area contributed by atoms with E-state index >= 15 is 0 Å². The lowest BCUT2D eigenvalue weighted by Gasteiger charge is -2.32. The van der Waals surface area contributed by atoms with Crippen LogP contribution in [0.2, 0.25) is 0 Å². The molecular formula is C29H33Br2N3O4S. The van der Waals surface area contributed by atoms with Crippen molar-refractivity contribution in [1.29, 1.82) is 0 Å². The average molecular weight is 679 g/mol. The number of nitrogens with one attached hydrogen (secondary N) is 1. The number of rotatable bonds is 11. The molecule has 0 saturated heterocycles. The predicted octanol–water partition coefficient (Wildman–Crippen LogP) is 5.90. The highest BCUT2D eigenvalue weighted by Crippen LogP contribution is 2.27. The van der Waals surface area contributed by atoms with Crippen LogP contribution in [0.25, 0.3) is 0 Å². The van der Waals surface area contributed by atoms with E-state index in [1.165, 1.54) is 17.0 Å². The van der Waals surface area contributed by atoms with E-state index in [-0.39, 0.29) is 23.3 Å². The van der Waals surface area contributed by atoms with Gasteiger partial charge < -0.3 is 10.2 Å². The Morgan fingerprint density at radius 1 is 0.897 bits per heavy atom. The van der Waals surface area contributed by atoms with Crippen molar-refractivity contribution in [2.24, 2.45) is 5.92 Å². The van der Waals surface area contributed by atoms with Gasteiger partial charge in [-0.1, -0.05) is 81.6 Å².